The second kappa shape index (κ2) is 49.7. The van der Waals surface area contributed by atoms with Crippen molar-refractivity contribution in [3.63, 3.8) is 0 Å². The van der Waals surface area contributed by atoms with Crippen LogP contribution in [-0.4, -0.2) is 45.5 Å². The maximum atomic E-state index is 11.3. The standard InChI is InChI=1S/C66H133NO3S/c1-7-12-17-22-27-32-33-34-35-36-37-38-39-44-49-54-59-69-63-60-65(55-50-45-40-28-23-18-13-8-2,56-51-46-41-29-24-19-14-9-3)67(70-62-64(6,68)71)66(61-63,57-52-47-42-30-25-20-15-10-4)58-53-48-43-31-26-21-16-11-5/h63,68,71H,7-62H2,1-6H3. The number of piperidine rings is 1. The average Bonchev–Trinajstić information content (AvgIpc) is 3.35. The van der Waals surface area contributed by atoms with Crippen molar-refractivity contribution in [2.75, 3.05) is 13.2 Å². The number of ether oxygens (including phenoxy) is 1. The van der Waals surface area contributed by atoms with Crippen LogP contribution in [0.2, 0.25) is 0 Å². The molecule has 0 aromatic heterocycles. The van der Waals surface area contributed by atoms with Crippen LogP contribution in [-0.2, 0) is 9.57 Å². The maximum Gasteiger partial charge on any atom is 0.130 e. The monoisotopic (exact) mass is 1020 g/mol. The lowest BCUT2D eigenvalue weighted by Crippen LogP contribution is -2.67. The van der Waals surface area contributed by atoms with Crippen LogP contribution in [0.15, 0.2) is 0 Å². The number of hydrogen-bond acceptors (Lipinski definition) is 5. The summed E-state index contributed by atoms with van der Waals surface area (Å²) in [6, 6.07) is 0. The van der Waals surface area contributed by atoms with Gasteiger partial charge in [0.2, 0.25) is 0 Å². The van der Waals surface area contributed by atoms with Gasteiger partial charge in [-0.15, -0.1) is 12.6 Å². The first-order valence-corrected chi connectivity index (χ1v) is 33.7. The number of thiol groups is 1. The highest BCUT2D eigenvalue weighted by atomic mass is 32.1. The molecule has 1 heterocycles. The molecule has 1 unspecified atom stereocenters. The minimum atomic E-state index is -1.17. The predicted octanol–water partition coefficient (Wildman–Crippen LogP) is 22.9. The van der Waals surface area contributed by atoms with E-state index in [-0.39, 0.29) is 23.8 Å². The fraction of sp³-hybridized carbons (Fsp3) is 1.00. The molecule has 5 heteroatoms. The molecule has 1 saturated heterocycles. The number of hydroxylamine groups is 2. The second-order valence-electron chi connectivity index (χ2n) is 24.3. The predicted molar refractivity (Wildman–Crippen MR) is 320 cm³/mol. The summed E-state index contributed by atoms with van der Waals surface area (Å²) in [6.07, 6.45) is 72.7. The van der Waals surface area contributed by atoms with Crippen molar-refractivity contribution >= 4 is 12.6 Å². The lowest BCUT2D eigenvalue weighted by molar-refractivity contribution is -0.326. The molecule has 1 rings (SSSR count). The van der Waals surface area contributed by atoms with Gasteiger partial charge in [0.05, 0.1) is 6.10 Å². The highest BCUT2D eigenvalue weighted by molar-refractivity contribution is 7.81. The van der Waals surface area contributed by atoms with Crippen molar-refractivity contribution in [3.8, 4) is 0 Å². The number of unbranched alkanes of at least 4 members (excludes halogenated alkanes) is 43. The lowest BCUT2D eigenvalue weighted by Gasteiger charge is -2.59. The second-order valence-corrected chi connectivity index (χ2v) is 25.3. The Labute approximate surface area is 453 Å². The zero-order chi connectivity index (χ0) is 51.7. The first-order valence-electron chi connectivity index (χ1n) is 33.2. The highest BCUT2D eigenvalue weighted by Gasteiger charge is 2.55. The first-order chi connectivity index (χ1) is 34.7. The smallest absolute Gasteiger partial charge is 0.130 e. The van der Waals surface area contributed by atoms with E-state index in [0.717, 1.165) is 19.4 Å². The zero-order valence-electron chi connectivity index (χ0n) is 49.8. The summed E-state index contributed by atoms with van der Waals surface area (Å²) in [6.45, 7) is 14.6. The Morgan fingerprint density at radius 3 is 0.803 bits per heavy atom. The summed E-state index contributed by atoms with van der Waals surface area (Å²) in [4.78, 5) is 6.13. The molecule has 0 spiro atoms. The van der Waals surface area contributed by atoms with Gasteiger partial charge in [0.15, 0.2) is 0 Å². The maximum absolute atomic E-state index is 11.3. The molecule has 0 radical (unpaired) electrons. The van der Waals surface area contributed by atoms with E-state index in [1.165, 1.54) is 334 Å². The van der Waals surface area contributed by atoms with Gasteiger partial charge in [-0.3, -0.25) is 4.84 Å². The number of rotatable bonds is 57. The zero-order valence-corrected chi connectivity index (χ0v) is 50.7. The van der Waals surface area contributed by atoms with Gasteiger partial charge in [-0.1, -0.05) is 336 Å². The van der Waals surface area contributed by atoms with Crippen LogP contribution in [0.4, 0.5) is 0 Å². The molecular weight excluding hydrogens is 887 g/mol. The van der Waals surface area contributed by atoms with E-state index in [1.54, 1.807) is 0 Å². The van der Waals surface area contributed by atoms with Crippen LogP contribution in [0.5, 0.6) is 0 Å². The summed E-state index contributed by atoms with van der Waals surface area (Å²) in [5.41, 5.74) is -0.164. The number of hydrogen-bond donors (Lipinski definition) is 2. The van der Waals surface area contributed by atoms with Gasteiger partial charge in [-0.05, 0) is 51.9 Å². The highest BCUT2D eigenvalue weighted by Crippen LogP contribution is 2.50. The summed E-state index contributed by atoms with van der Waals surface area (Å²) in [5.74, 6) is 0. The molecule has 0 bridgehead atoms. The Kier molecular flexibility index (Phi) is 48.5. The molecule has 1 atom stereocenters. The minimum absolute atomic E-state index is 0.0820. The van der Waals surface area contributed by atoms with Crippen molar-refractivity contribution in [2.45, 2.75) is 410 Å². The summed E-state index contributed by atoms with van der Waals surface area (Å²) in [5, 5.41) is 14.0. The van der Waals surface area contributed by atoms with Gasteiger partial charge in [0.25, 0.3) is 0 Å². The minimum Gasteiger partial charge on any atom is -0.378 e. The molecule has 1 aliphatic rings. The lowest BCUT2D eigenvalue weighted by atomic mass is 9.68. The quantitative estimate of drug-likeness (QED) is 0.0362. The third-order valence-electron chi connectivity index (χ3n) is 16.9. The van der Waals surface area contributed by atoms with Gasteiger partial charge in [0, 0.05) is 17.7 Å². The van der Waals surface area contributed by atoms with E-state index in [4.69, 9.17) is 22.2 Å². The number of aliphatic hydroxyl groups is 1. The molecule has 0 aromatic rings. The summed E-state index contributed by atoms with van der Waals surface area (Å²) >= 11 is 4.72. The Bertz CT molecular complexity index is 968. The van der Waals surface area contributed by atoms with Crippen molar-refractivity contribution in [2.24, 2.45) is 0 Å². The van der Waals surface area contributed by atoms with Gasteiger partial charge >= 0.3 is 0 Å². The third-order valence-corrected chi connectivity index (χ3v) is 17.0. The van der Waals surface area contributed by atoms with Gasteiger partial charge in [0.1, 0.15) is 11.5 Å². The van der Waals surface area contributed by atoms with E-state index in [0.29, 0.717) is 0 Å². The van der Waals surface area contributed by atoms with Crippen LogP contribution >= 0.6 is 12.6 Å². The molecule has 1 fully saturated rings. The van der Waals surface area contributed by atoms with Crippen molar-refractivity contribution in [3.05, 3.63) is 0 Å². The van der Waals surface area contributed by atoms with Gasteiger partial charge in [-0.25, -0.2) is 0 Å². The Morgan fingerprint density at radius 1 is 0.366 bits per heavy atom. The van der Waals surface area contributed by atoms with E-state index in [9.17, 15) is 5.11 Å². The van der Waals surface area contributed by atoms with Crippen molar-refractivity contribution in [1.82, 2.24) is 5.06 Å². The molecule has 4 nitrogen and oxygen atoms in total. The van der Waals surface area contributed by atoms with E-state index >= 15 is 0 Å². The van der Waals surface area contributed by atoms with Crippen LogP contribution in [0.3, 0.4) is 0 Å². The normalized spacial score (nSPS) is 16.1. The largest absolute Gasteiger partial charge is 0.378 e. The molecule has 0 amide bonds. The van der Waals surface area contributed by atoms with Crippen LogP contribution < -0.4 is 0 Å². The third kappa shape index (κ3) is 39.2. The Balaban J connectivity index is 3.33. The van der Waals surface area contributed by atoms with E-state index < -0.39 is 4.93 Å². The summed E-state index contributed by atoms with van der Waals surface area (Å²) in [7, 11) is 0. The fourth-order valence-corrected chi connectivity index (χ4v) is 12.5. The van der Waals surface area contributed by atoms with Gasteiger partial charge < -0.3 is 9.84 Å². The molecule has 0 aromatic carbocycles. The molecule has 1 aliphatic heterocycles. The van der Waals surface area contributed by atoms with Crippen LogP contribution in [0.25, 0.3) is 0 Å². The van der Waals surface area contributed by atoms with Crippen molar-refractivity contribution in [1.29, 1.82) is 0 Å². The van der Waals surface area contributed by atoms with Crippen LogP contribution in [0, 0.1) is 0 Å². The van der Waals surface area contributed by atoms with Crippen molar-refractivity contribution < 1.29 is 14.7 Å². The Hall–Kier alpha value is 0.190. The fourth-order valence-electron chi connectivity index (χ4n) is 12.5. The topological polar surface area (TPSA) is 41.9 Å². The first kappa shape index (κ1) is 69.2. The summed E-state index contributed by atoms with van der Waals surface area (Å²) < 4.78 is 7.29. The molecule has 1 N–H and O–H groups in total. The van der Waals surface area contributed by atoms with E-state index in [1.807, 2.05) is 6.92 Å². The Morgan fingerprint density at radius 2 is 0.577 bits per heavy atom. The molecule has 426 valence electrons. The SMILES string of the molecule is CCCCCCCCCCCCCCCCCCOC1CC(CCCCCCCCCC)(CCCCCCCCCC)N(OCC(C)(O)S)C(CCCCCCCCCC)(CCCCCCCCCC)C1. The van der Waals surface area contributed by atoms with Gasteiger partial charge in [-0.2, -0.15) is 5.06 Å². The van der Waals surface area contributed by atoms with E-state index in [2.05, 4.69) is 39.7 Å². The molecule has 71 heavy (non-hydrogen) atoms. The molecule has 0 aliphatic carbocycles. The van der Waals surface area contributed by atoms with Crippen LogP contribution in [0.1, 0.15) is 388 Å². The average molecular weight is 1020 g/mol. The molecule has 0 saturated carbocycles. The molecular formula is C66H133NO3S. The number of nitrogens with zero attached hydrogens (tertiary/aromatic N) is 1.